The highest BCUT2D eigenvalue weighted by Gasteiger charge is 2.51. The SMILES string of the molecule is c1ccc(-c2nc(-c3ccc(-c4cccc5c4-c4ccccc4C54c5ccccc5-c5ccccc54)cc3)nc(-c3cccc(-c4cccc5oc6ccccc6c45)c3)n2)cc1. The lowest BCUT2D eigenvalue weighted by Gasteiger charge is -2.30. The minimum Gasteiger partial charge on any atom is -0.456 e. The Hall–Kier alpha value is -8.21. The Labute approximate surface area is 358 Å². The molecule has 2 heterocycles. The fraction of sp³-hybridized carbons (Fsp3) is 0.0172. The van der Waals surface area contributed by atoms with Gasteiger partial charge in [0.1, 0.15) is 11.2 Å². The zero-order valence-electron chi connectivity index (χ0n) is 33.5. The van der Waals surface area contributed by atoms with Crippen LogP contribution >= 0.6 is 0 Å². The maximum Gasteiger partial charge on any atom is 0.164 e. The maximum absolute atomic E-state index is 6.25. The van der Waals surface area contributed by atoms with E-state index in [4.69, 9.17) is 19.4 Å². The topological polar surface area (TPSA) is 51.8 Å². The normalized spacial score (nSPS) is 13.0. The Morgan fingerprint density at radius 1 is 0.306 bits per heavy atom. The number of para-hydroxylation sites is 1. The second-order valence-corrected chi connectivity index (χ2v) is 16.2. The number of nitrogens with zero attached hydrogens (tertiary/aromatic N) is 3. The van der Waals surface area contributed by atoms with Gasteiger partial charge in [-0.25, -0.2) is 15.0 Å². The van der Waals surface area contributed by atoms with Crippen molar-refractivity contribution in [1.29, 1.82) is 0 Å². The molecule has 0 N–H and O–H groups in total. The Morgan fingerprint density at radius 2 is 0.774 bits per heavy atom. The van der Waals surface area contributed by atoms with Crippen LogP contribution in [-0.2, 0) is 5.41 Å². The van der Waals surface area contributed by atoms with Crippen molar-refractivity contribution in [2.45, 2.75) is 5.41 Å². The standard InChI is InChI=1S/C58H35N3O/c1-2-15-37(16-3-1)55-59-56(61-57(60-55)40-18-12-17-39(35-40)42-24-14-30-52-54(42)46-22-7-11-29-51(46)62-52)38-33-31-36(32-34-38)41-23-13-28-50-53(41)45-21-6-10-27-49(45)58(50)47-25-8-4-19-43(47)44-20-5-9-26-48(44)58/h1-35H. The molecule has 0 fully saturated rings. The number of rotatable bonds is 5. The summed E-state index contributed by atoms with van der Waals surface area (Å²) in [6, 6.07) is 75.6. The van der Waals surface area contributed by atoms with Gasteiger partial charge in [-0.1, -0.05) is 194 Å². The quantitative estimate of drug-likeness (QED) is 0.174. The molecule has 288 valence electrons. The molecule has 9 aromatic carbocycles. The van der Waals surface area contributed by atoms with Crippen molar-refractivity contribution in [3.63, 3.8) is 0 Å². The fourth-order valence-corrected chi connectivity index (χ4v) is 10.4. The molecule has 2 aliphatic rings. The van der Waals surface area contributed by atoms with Crippen molar-refractivity contribution in [3.05, 3.63) is 235 Å². The molecule has 0 radical (unpaired) electrons. The van der Waals surface area contributed by atoms with Gasteiger partial charge in [0.15, 0.2) is 17.5 Å². The first-order valence-electron chi connectivity index (χ1n) is 21.1. The van der Waals surface area contributed by atoms with Gasteiger partial charge in [0, 0.05) is 27.5 Å². The molecule has 0 bridgehead atoms. The Bertz CT molecular complexity index is 3540. The molecule has 0 amide bonds. The van der Waals surface area contributed by atoms with Gasteiger partial charge in [-0.2, -0.15) is 0 Å². The molecule has 2 aromatic heterocycles. The van der Waals surface area contributed by atoms with E-state index in [1.54, 1.807) is 0 Å². The predicted octanol–water partition coefficient (Wildman–Crippen LogP) is 14.4. The van der Waals surface area contributed by atoms with E-state index in [0.717, 1.165) is 55.3 Å². The molecule has 0 aliphatic heterocycles. The summed E-state index contributed by atoms with van der Waals surface area (Å²) in [7, 11) is 0. The van der Waals surface area contributed by atoms with Crippen LogP contribution in [0.25, 0.3) is 101 Å². The van der Waals surface area contributed by atoms with Gasteiger partial charge in [-0.3, -0.25) is 0 Å². The summed E-state index contributed by atoms with van der Waals surface area (Å²) < 4.78 is 6.25. The van der Waals surface area contributed by atoms with Crippen molar-refractivity contribution in [1.82, 2.24) is 15.0 Å². The van der Waals surface area contributed by atoms with E-state index in [9.17, 15) is 0 Å². The Kier molecular flexibility index (Phi) is 7.49. The lowest BCUT2D eigenvalue weighted by molar-refractivity contribution is 0.669. The molecular formula is C58H35N3O. The maximum atomic E-state index is 6.25. The lowest BCUT2D eigenvalue weighted by atomic mass is 9.70. The molecule has 62 heavy (non-hydrogen) atoms. The lowest BCUT2D eigenvalue weighted by Crippen LogP contribution is -2.25. The van der Waals surface area contributed by atoms with Gasteiger partial charge in [0.2, 0.25) is 0 Å². The van der Waals surface area contributed by atoms with Crippen LogP contribution in [0.15, 0.2) is 217 Å². The number of furan rings is 1. The van der Waals surface area contributed by atoms with E-state index in [1.807, 2.05) is 36.4 Å². The average molecular weight is 790 g/mol. The molecule has 13 rings (SSSR count). The third kappa shape index (κ3) is 4.98. The zero-order chi connectivity index (χ0) is 40.8. The van der Waals surface area contributed by atoms with Gasteiger partial charge < -0.3 is 4.42 Å². The minimum absolute atomic E-state index is 0.389. The Morgan fingerprint density at radius 3 is 1.52 bits per heavy atom. The molecule has 4 nitrogen and oxygen atoms in total. The highest BCUT2D eigenvalue weighted by molar-refractivity contribution is 6.12. The van der Waals surface area contributed by atoms with Crippen LogP contribution < -0.4 is 0 Å². The van der Waals surface area contributed by atoms with Crippen molar-refractivity contribution in [2.75, 3.05) is 0 Å². The molecule has 0 atom stereocenters. The number of fused-ring (bicyclic) bond motifs is 13. The van der Waals surface area contributed by atoms with Crippen LogP contribution in [0, 0.1) is 0 Å². The first-order chi connectivity index (χ1) is 30.7. The van der Waals surface area contributed by atoms with Crippen molar-refractivity contribution < 1.29 is 4.42 Å². The molecule has 0 unspecified atom stereocenters. The summed E-state index contributed by atoms with van der Waals surface area (Å²) in [6.07, 6.45) is 0. The fourth-order valence-electron chi connectivity index (χ4n) is 10.4. The summed E-state index contributed by atoms with van der Waals surface area (Å²) >= 11 is 0. The minimum atomic E-state index is -0.389. The monoisotopic (exact) mass is 789 g/mol. The highest BCUT2D eigenvalue weighted by Crippen LogP contribution is 2.63. The van der Waals surface area contributed by atoms with Gasteiger partial charge in [0.05, 0.1) is 5.41 Å². The van der Waals surface area contributed by atoms with E-state index >= 15 is 0 Å². The number of hydrogen-bond acceptors (Lipinski definition) is 4. The molecule has 0 saturated carbocycles. The second kappa shape index (κ2) is 13.4. The number of benzene rings is 9. The van der Waals surface area contributed by atoms with E-state index in [0.29, 0.717) is 17.5 Å². The average Bonchev–Trinajstić information content (AvgIpc) is 3.99. The third-order valence-corrected chi connectivity index (χ3v) is 13.0. The third-order valence-electron chi connectivity index (χ3n) is 13.0. The van der Waals surface area contributed by atoms with Crippen LogP contribution in [0.3, 0.4) is 0 Å². The molecule has 11 aromatic rings. The van der Waals surface area contributed by atoms with E-state index in [-0.39, 0.29) is 5.41 Å². The van der Waals surface area contributed by atoms with Gasteiger partial charge in [-0.05, 0) is 85.0 Å². The molecule has 4 heteroatoms. The van der Waals surface area contributed by atoms with Crippen LogP contribution in [0.4, 0.5) is 0 Å². The smallest absolute Gasteiger partial charge is 0.164 e. The van der Waals surface area contributed by atoms with Crippen LogP contribution in [-0.4, -0.2) is 15.0 Å². The van der Waals surface area contributed by atoms with Crippen LogP contribution in [0.2, 0.25) is 0 Å². The summed E-state index contributed by atoms with van der Waals surface area (Å²) in [4.78, 5) is 15.4. The second-order valence-electron chi connectivity index (χ2n) is 16.2. The number of aromatic nitrogens is 3. The predicted molar refractivity (Wildman–Crippen MR) is 251 cm³/mol. The summed E-state index contributed by atoms with van der Waals surface area (Å²) in [5.41, 5.74) is 19.2. The molecular weight excluding hydrogens is 755 g/mol. The largest absolute Gasteiger partial charge is 0.456 e. The molecule has 2 aliphatic carbocycles. The van der Waals surface area contributed by atoms with Crippen molar-refractivity contribution in [2.24, 2.45) is 0 Å². The van der Waals surface area contributed by atoms with E-state index in [2.05, 4.69) is 176 Å². The van der Waals surface area contributed by atoms with Gasteiger partial charge >= 0.3 is 0 Å². The van der Waals surface area contributed by atoms with Crippen LogP contribution in [0.5, 0.6) is 0 Å². The number of hydrogen-bond donors (Lipinski definition) is 0. The van der Waals surface area contributed by atoms with Crippen molar-refractivity contribution in [3.8, 4) is 78.7 Å². The summed E-state index contributed by atoms with van der Waals surface area (Å²) in [6.45, 7) is 0. The van der Waals surface area contributed by atoms with Crippen molar-refractivity contribution >= 4 is 21.9 Å². The van der Waals surface area contributed by atoms with E-state index in [1.165, 1.54) is 50.1 Å². The summed E-state index contributed by atoms with van der Waals surface area (Å²) in [5.74, 6) is 1.86. The highest BCUT2D eigenvalue weighted by atomic mass is 16.3. The first kappa shape index (κ1) is 34.6. The summed E-state index contributed by atoms with van der Waals surface area (Å²) in [5, 5.41) is 2.20. The van der Waals surface area contributed by atoms with E-state index < -0.39 is 0 Å². The molecule has 0 saturated heterocycles. The molecule has 1 spiro atoms. The zero-order valence-corrected chi connectivity index (χ0v) is 33.5. The Balaban J connectivity index is 0.935. The van der Waals surface area contributed by atoms with Gasteiger partial charge in [-0.15, -0.1) is 0 Å². The van der Waals surface area contributed by atoms with Crippen LogP contribution in [0.1, 0.15) is 22.3 Å². The first-order valence-corrected chi connectivity index (χ1v) is 21.1. The van der Waals surface area contributed by atoms with Gasteiger partial charge in [0.25, 0.3) is 0 Å².